The van der Waals surface area contributed by atoms with Crippen LogP contribution in [0.2, 0.25) is 0 Å². The Bertz CT molecular complexity index is 497. The highest BCUT2D eigenvalue weighted by Gasteiger charge is 2.36. The summed E-state index contributed by atoms with van der Waals surface area (Å²) in [6, 6.07) is 1.79. The Kier molecular flexibility index (Phi) is 6.90. The van der Waals surface area contributed by atoms with Crippen molar-refractivity contribution in [2.75, 3.05) is 0 Å². The molecule has 0 radical (unpaired) electrons. The van der Waals surface area contributed by atoms with Crippen LogP contribution in [0.3, 0.4) is 0 Å². The van der Waals surface area contributed by atoms with E-state index in [1.807, 2.05) is 0 Å². The Morgan fingerprint density at radius 1 is 1.27 bits per heavy atom. The zero-order valence-electron chi connectivity index (χ0n) is 11.9. The highest BCUT2D eigenvalue weighted by Crippen LogP contribution is 2.30. The van der Waals surface area contributed by atoms with Crippen molar-refractivity contribution >= 4 is 56.6 Å². The van der Waals surface area contributed by atoms with Crippen LogP contribution in [0.4, 0.5) is 0 Å². The molecule has 1 amide bonds. The van der Waals surface area contributed by atoms with E-state index < -0.39 is 15.9 Å². The summed E-state index contributed by atoms with van der Waals surface area (Å²) in [5.74, 6) is -0.267. The molecule has 1 fully saturated rings. The number of furan rings is 1. The molecular weight excluding hydrogens is 414 g/mol. The molecule has 1 saturated carbocycles. The first-order valence-electron chi connectivity index (χ1n) is 7.24. The van der Waals surface area contributed by atoms with E-state index in [1.54, 1.807) is 6.07 Å². The molecule has 0 spiro atoms. The van der Waals surface area contributed by atoms with E-state index in [2.05, 4.69) is 26.6 Å². The standard InChI is InChI=1S/C14H18BrCl3N2O2/c15-9-7-11(22-8-9)12(21)20-13(14(16,17)18)19-10-5-3-1-2-4-6-10/h7-8,10,13,19H,1-6H2,(H,20,21). The van der Waals surface area contributed by atoms with Crippen LogP contribution in [0.15, 0.2) is 21.2 Å². The quantitative estimate of drug-likeness (QED) is 0.409. The predicted octanol–water partition coefficient (Wildman–Crippen LogP) is 4.78. The van der Waals surface area contributed by atoms with E-state index in [0.717, 1.165) is 25.7 Å². The summed E-state index contributed by atoms with van der Waals surface area (Å²) in [6.07, 6.45) is 7.41. The lowest BCUT2D eigenvalue weighted by Crippen LogP contribution is -2.56. The molecule has 2 N–H and O–H groups in total. The molecule has 0 bridgehead atoms. The highest BCUT2D eigenvalue weighted by molar-refractivity contribution is 9.10. The number of hydrogen-bond donors (Lipinski definition) is 2. The average molecular weight is 433 g/mol. The van der Waals surface area contributed by atoms with Gasteiger partial charge in [-0.15, -0.1) is 0 Å². The van der Waals surface area contributed by atoms with E-state index in [-0.39, 0.29) is 11.8 Å². The Labute approximate surface area is 153 Å². The summed E-state index contributed by atoms with van der Waals surface area (Å²) < 4.78 is 4.17. The van der Waals surface area contributed by atoms with Gasteiger partial charge in [-0.05, 0) is 28.8 Å². The van der Waals surface area contributed by atoms with Crippen molar-refractivity contribution in [3.05, 3.63) is 22.6 Å². The molecule has 0 saturated heterocycles. The second-order valence-electron chi connectivity index (χ2n) is 5.43. The minimum absolute atomic E-state index is 0.161. The predicted molar refractivity (Wildman–Crippen MR) is 92.6 cm³/mol. The van der Waals surface area contributed by atoms with Gasteiger partial charge in [0.05, 0.1) is 4.47 Å². The average Bonchev–Trinajstić information content (AvgIpc) is 2.71. The van der Waals surface area contributed by atoms with Gasteiger partial charge in [0.25, 0.3) is 5.91 Å². The number of halogens is 4. The van der Waals surface area contributed by atoms with Crippen molar-refractivity contribution in [3.8, 4) is 0 Å². The van der Waals surface area contributed by atoms with Crippen LogP contribution in [-0.2, 0) is 0 Å². The lowest BCUT2D eigenvalue weighted by atomic mass is 10.1. The maximum absolute atomic E-state index is 12.2. The van der Waals surface area contributed by atoms with E-state index in [1.165, 1.54) is 19.1 Å². The molecule has 1 atom stereocenters. The first-order chi connectivity index (χ1) is 10.4. The lowest BCUT2D eigenvalue weighted by Gasteiger charge is -2.30. The Balaban J connectivity index is 2.01. The van der Waals surface area contributed by atoms with Gasteiger partial charge in [-0.25, -0.2) is 0 Å². The third-order valence-corrected chi connectivity index (χ3v) is 4.72. The summed E-state index contributed by atoms with van der Waals surface area (Å²) in [5, 5.41) is 5.96. The van der Waals surface area contributed by atoms with Gasteiger partial charge < -0.3 is 9.73 Å². The second-order valence-corrected chi connectivity index (χ2v) is 8.72. The number of rotatable bonds is 4. The van der Waals surface area contributed by atoms with Crippen LogP contribution < -0.4 is 10.6 Å². The maximum Gasteiger partial charge on any atom is 0.288 e. The third-order valence-electron chi connectivity index (χ3n) is 3.65. The molecule has 22 heavy (non-hydrogen) atoms. The fourth-order valence-corrected chi connectivity index (χ4v) is 3.19. The third kappa shape index (κ3) is 5.60. The van der Waals surface area contributed by atoms with Gasteiger partial charge in [-0.2, -0.15) is 0 Å². The fourth-order valence-electron chi connectivity index (χ4n) is 2.53. The molecule has 4 nitrogen and oxygen atoms in total. The molecule has 1 aromatic heterocycles. The van der Waals surface area contributed by atoms with Crippen molar-refractivity contribution in [1.29, 1.82) is 0 Å². The zero-order valence-corrected chi connectivity index (χ0v) is 15.7. The van der Waals surface area contributed by atoms with Gasteiger partial charge in [-0.1, -0.05) is 60.5 Å². The number of hydrogen-bond acceptors (Lipinski definition) is 3. The van der Waals surface area contributed by atoms with Crippen LogP contribution in [0.25, 0.3) is 0 Å². The molecule has 0 aliphatic heterocycles. The largest absolute Gasteiger partial charge is 0.458 e. The Morgan fingerprint density at radius 2 is 1.91 bits per heavy atom. The topological polar surface area (TPSA) is 54.3 Å². The molecule has 124 valence electrons. The van der Waals surface area contributed by atoms with Crippen molar-refractivity contribution in [2.24, 2.45) is 0 Å². The summed E-state index contributed by atoms with van der Waals surface area (Å²) in [5.41, 5.74) is 0. The molecule has 0 aromatic carbocycles. The number of alkyl halides is 3. The fraction of sp³-hybridized carbons (Fsp3) is 0.643. The van der Waals surface area contributed by atoms with Crippen LogP contribution in [0.5, 0.6) is 0 Å². The normalized spacial score (nSPS) is 18.7. The summed E-state index contributed by atoms with van der Waals surface area (Å²) in [7, 11) is 0. The molecule has 1 aliphatic rings. The monoisotopic (exact) mass is 430 g/mol. The minimum Gasteiger partial charge on any atom is -0.458 e. The SMILES string of the molecule is O=C(NC(NC1CCCCCC1)C(Cl)(Cl)Cl)c1cc(Br)co1. The van der Waals surface area contributed by atoms with E-state index in [4.69, 9.17) is 39.2 Å². The van der Waals surface area contributed by atoms with E-state index in [9.17, 15) is 4.79 Å². The number of nitrogens with one attached hydrogen (secondary N) is 2. The van der Waals surface area contributed by atoms with E-state index in [0.29, 0.717) is 4.47 Å². The van der Waals surface area contributed by atoms with Crippen molar-refractivity contribution in [3.63, 3.8) is 0 Å². The highest BCUT2D eigenvalue weighted by atomic mass is 79.9. The van der Waals surface area contributed by atoms with Gasteiger partial charge in [0, 0.05) is 12.1 Å². The Hall–Kier alpha value is 0.0600. The van der Waals surface area contributed by atoms with Gasteiger partial charge >= 0.3 is 0 Å². The van der Waals surface area contributed by atoms with Crippen LogP contribution in [0.1, 0.15) is 49.1 Å². The van der Waals surface area contributed by atoms with Crippen LogP contribution >= 0.6 is 50.7 Å². The van der Waals surface area contributed by atoms with Gasteiger partial charge in [0.1, 0.15) is 12.4 Å². The van der Waals surface area contributed by atoms with Crippen LogP contribution in [0, 0.1) is 0 Å². The van der Waals surface area contributed by atoms with E-state index >= 15 is 0 Å². The second kappa shape index (κ2) is 8.25. The van der Waals surface area contributed by atoms with Crippen molar-refractivity contribution in [2.45, 2.75) is 54.5 Å². The summed E-state index contributed by atoms with van der Waals surface area (Å²) in [4.78, 5) is 12.2. The van der Waals surface area contributed by atoms with Gasteiger partial charge in [0.2, 0.25) is 3.79 Å². The smallest absolute Gasteiger partial charge is 0.288 e. The van der Waals surface area contributed by atoms with Gasteiger partial charge in [0.15, 0.2) is 5.76 Å². The van der Waals surface area contributed by atoms with Gasteiger partial charge in [-0.3, -0.25) is 10.1 Å². The first-order valence-corrected chi connectivity index (χ1v) is 9.16. The Morgan fingerprint density at radius 3 is 2.41 bits per heavy atom. The minimum atomic E-state index is -1.65. The van der Waals surface area contributed by atoms with Crippen molar-refractivity contribution in [1.82, 2.24) is 10.6 Å². The molecule has 1 heterocycles. The molecular formula is C14H18BrCl3N2O2. The molecule has 8 heteroatoms. The summed E-state index contributed by atoms with van der Waals surface area (Å²) in [6.45, 7) is 0. The van der Waals surface area contributed by atoms with Crippen molar-refractivity contribution < 1.29 is 9.21 Å². The first kappa shape index (κ1) is 18.4. The number of amides is 1. The molecule has 1 aliphatic carbocycles. The zero-order chi connectivity index (χ0) is 16.2. The molecule has 1 aromatic rings. The number of carbonyl (C=O) groups excluding carboxylic acids is 1. The van der Waals surface area contributed by atoms with Crippen LogP contribution in [-0.4, -0.2) is 21.9 Å². The lowest BCUT2D eigenvalue weighted by molar-refractivity contribution is 0.0897. The summed E-state index contributed by atoms with van der Waals surface area (Å²) >= 11 is 21.3. The molecule has 1 unspecified atom stereocenters. The maximum atomic E-state index is 12.2. The molecule has 2 rings (SSSR count). The number of carbonyl (C=O) groups is 1.